The van der Waals surface area contributed by atoms with Gasteiger partial charge in [0, 0.05) is 29.7 Å². The van der Waals surface area contributed by atoms with Gasteiger partial charge < -0.3 is 16.0 Å². The maximum absolute atomic E-state index is 11.8. The largest absolute Gasteiger partial charge is 0.357 e. The molecule has 0 radical (unpaired) electrons. The lowest BCUT2D eigenvalue weighted by molar-refractivity contribution is 0.0956. The van der Waals surface area contributed by atoms with Gasteiger partial charge in [-0.1, -0.05) is 12.1 Å². The summed E-state index contributed by atoms with van der Waals surface area (Å²) in [5.74, 6) is 0.703. The summed E-state index contributed by atoms with van der Waals surface area (Å²) in [5.41, 5.74) is 1.72. The minimum Gasteiger partial charge on any atom is -0.357 e. The van der Waals surface area contributed by atoms with Gasteiger partial charge in [0.05, 0.1) is 13.1 Å². The maximum Gasteiger partial charge on any atom is 0.251 e. The van der Waals surface area contributed by atoms with E-state index in [2.05, 4.69) is 25.9 Å². The van der Waals surface area contributed by atoms with Crippen molar-refractivity contribution in [2.45, 2.75) is 33.9 Å². The van der Waals surface area contributed by atoms with Crippen LogP contribution in [-0.2, 0) is 13.1 Å². The van der Waals surface area contributed by atoms with E-state index in [-0.39, 0.29) is 5.91 Å². The molecule has 0 spiro atoms. The first kappa shape index (κ1) is 18.9. The predicted molar refractivity (Wildman–Crippen MR) is 103 cm³/mol. The lowest BCUT2D eigenvalue weighted by Gasteiger charge is -2.10. The van der Waals surface area contributed by atoms with Crippen LogP contribution in [0.4, 0.5) is 0 Å². The predicted octanol–water partition coefficient (Wildman–Crippen LogP) is 2.46. The van der Waals surface area contributed by atoms with Gasteiger partial charge in [-0.05, 0) is 38.5 Å². The number of carbonyl (C=O) groups excluding carboxylic acids is 1. The number of benzene rings is 1. The normalized spacial score (nSPS) is 11.2. The molecule has 2 rings (SSSR count). The molecule has 0 atom stereocenters. The Hall–Kier alpha value is -2.41. The first-order chi connectivity index (χ1) is 12.1. The van der Waals surface area contributed by atoms with Crippen molar-refractivity contribution in [1.82, 2.24) is 20.9 Å². The van der Waals surface area contributed by atoms with E-state index in [1.807, 2.05) is 51.2 Å². The lowest BCUT2D eigenvalue weighted by Crippen LogP contribution is -2.36. The molecule has 0 saturated carbocycles. The molecule has 0 bridgehead atoms. The van der Waals surface area contributed by atoms with E-state index in [0.717, 1.165) is 23.1 Å². The van der Waals surface area contributed by atoms with Crippen molar-refractivity contribution >= 4 is 23.2 Å². The van der Waals surface area contributed by atoms with E-state index in [1.165, 1.54) is 4.88 Å². The third-order valence-corrected chi connectivity index (χ3v) is 4.31. The fourth-order valence-corrected chi connectivity index (χ4v) is 2.91. The molecule has 0 fully saturated rings. The van der Waals surface area contributed by atoms with Gasteiger partial charge in [0.1, 0.15) is 5.01 Å². The van der Waals surface area contributed by atoms with Crippen LogP contribution < -0.4 is 16.0 Å². The Labute approximate surface area is 152 Å². The average Bonchev–Trinajstić information content (AvgIpc) is 3.03. The van der Waals surface area contributed by atoms with Crippen molar-refractivity contribution in [2.24, 2.45) is 4.99 Å². The van der Waals surface area contributed by atoms with Crippen LogP contribution in [-0.4, -0.2) is 29.9 Å². The minimum atomic E-state index is -0.0497. The summed E-state index contributed by atoms with van der Waals surface area (Å²) in [6, 6.07) is 7.52. The summed E-state index contributed by atoms with van der Waals surface area (Å²) in [4.78, 5) is 21.9. The van der Waals surface area contributed by atoms with Crippen molar-refractivity contribution in [3.8, 4) is 0 Å². The molecule has 1 amide bonds. The van der Waals surface area contributed by atoms with Crippen LogP contribution in [0.25, 0.3) is 0 Å². The van der Waals surface area contributed by atoms with E-state index < -0.39 is 0 Å². The van der Waals surface area contributed by atoms with E-state index in [1.54, 1.807) is 11.3 Å². The van der Waals surface area contributed by atoms with Gasteiger partial charge in [0.15, 0.2) is 5.96 Å². The Morgan fingerprint density at radius 3 is 2.44 bits per heavy atom. The van der Waals surface area contributed by atoms with Crippen LogP contribution in [0, 0.1) is 6.92 Å². The molecule has 7 heteroatoms. The van der Waals surface area contributed by atoms with Crippen molar-refractivity contribution < 1.29 is 4.79 Å². The number of thiazole rings is 1. The van der Waals surface area contributed by atoms with Gasteiger partial charge >= 0.3 is 0 Å². The van der Waals surface area contributed by atoms with Crippen LogP contribution in [0.1, 0.15) is 39.7 Å². The molecule has 0 saturated heterocycles. The monoisotopic (exact) mass is 359 g/mol. The SMILES string of the molecule is CCNC(=O)c1ccc(CN=C(NCC)NCc2ncc(C)s2)cc1. The molecule has 1 aromatic heterocycles. The summed E-state index contributed by atoms with van der Waals surface area (Å²) in [6.45, 7) is 8.60. The Morgan fingerprint density at radius 2 is 1.84 bits per heavy atom. The first-order valence-corrected chi connectivity index (χ1v) is 9.24. The Morgan fingerprint density at radius 1 is 1.12 bits per heavy atom. The molecule has 0 aliphatic rings. The second kappa shape index (κ2) is 9.78. The molecule has 0 aliphatic carbocycles. The number of aromatic nitrogens is 1. The van der Waals surface area contributed by atoms with Crippen LogP contribution >= 0.6 is 11.3 Å². The second-order valence-corrected chi connectivity index (χ2v) is 6.79. The smallest absolute Gasteiger partial charge is 0.251 e. The van der Waals surface area contributed by atoms with Gasteiger partial charge in [0.2, 0.25) is 0 Å². The number of nitrogens with zero attached hydrogens (tertiary/aromatic N) is 2. The zero-order valence-corrected chi connectivity index (χ0v) is 15.7. The fourth-order valence-electron chi connectivity index (χ4n) is 2.18. The molecule has 134 valence electrons. The van der Waals surface area contributed by atoms with Crippen LogP contribution in [0.3, 0.4) is 0 Å². The third-order valence-electron chi connectivity index (χ3n) is 3.39. The zero-order chi connectivity index (χ0) is 18.1. The Balaban J connectivity index is 1.94. The Bertz CT molecular complexity index is 709. The van der Waals surface area contributed by atoms with E-state index in [4.69, 9.17) is 0 Å². The molecule has 0 unspecified atom stereocenters. The van der Waals surface area contributed by atoms with Crippen LogP contribution in [0.5, 0.6) is 0 Å². The molecule has 1 aromatic carbocycles. The number of hydrogen-bond acceptors (Lipinski definition) is 4. The zero-order valence-electron chi connectivity index (χ0n) is 14.9. The van der Waals surface area contributed by atoms with Crippen LogP contribution in [0.15, 0.2) is 35.5 Å². The molecule has 25 heavy (non-hydrogen) atoms. The summed E-state index contributed by atoms with van der Waals surface area (Å²) in [7, 11) is 0. The molecule has 3 N–H and O–H groups in total. The number of aryl methyl sites for hydroxylation is 1. The highest BCUT2D eigenvalue weighted by molar-refractivity contribution is 7.11. The first-order valence-electron chi connectivity index (χ1n) is 8.43. The number of amides is 1. The van der Waals surface area contributed by atoms with Gasteiger partial charge in [0.25, 0.3) is 5.91 Å². The standard InChI is InChI=1S/C18H25N5OS/c1-4-19-17(24)15-8-6-14(7-9-15)11-22-18(20-5-2)23-12-16-21-10-13(3)25-16/h6-10H,4-5,11-12H2,1-3H3,(H,19,24)(H2,20,22,23). The Kier molecular flexibility index (Phi) is 7.40. The maximum atomic E-state index is 11.8. The van der Waals surface area contributed by atoms with Crippen molar-refractivity contribution in [1.29, 1.82) is 0 Å². The summed E-state index contributed by atoms with van der Waals surface area (Å²) in [6.07, 6.45) is 1.88. The fraction of sp³-hybridized carbons (Fsp3) is 0.389. The van der Waals surface area contributed by atoms with Crippen molar-refractivity contribution in [3.05, 3.63) is 51.5 Å². The van der Waals surface area contributed by atoms with E-state index in [9.17, 15) is 4.79 Å². The summed E-state index contributed by atoms with van der Waals surface area (Å²) in [5, 5.41) is 10.3. The van der Waals surface area contributed by atoms with Gasteiger partial charge in [-0.2, -0.15) is 0 Å². The number of nitrogens with one attached hydrogen (secondary N) is 3. The summed E-state index contributed by atoms with van der Waals surface area (Å²) < 4.78 is 0. The highest BCUT2D eigenvalue weighted by Gasteiger charge is 2.04. The van der Waals surface area contributed by atoms with Crippen LogP contribution in [0.2, 0.25) is 0 Å². The average molecular weight is 359 g/mol. The molecule has 2 aromatic rings. The second-order valence-electron chi connectivity index (χ2n) is 5.47. The molecule has 0 aliphatic heterocycles. The summed E-state index contributed by atoms with van der Waals surface area (Å²) >= 11 is 1.68. The van der Waals surface area contributed by atoms with E-state index in [0.29, 0.717) is 25.2 Å². The molecule has 1 heterocycles. The number of rotatable bonds is 7. The highest BCUT2D eigenvalue weighted by atomic mass is 32.1. The topological polar surface area (TPSA) is 78.4 Å². The van der Waals surface area contributed by atoms with Gasteiger partial charge in [-0.3, -0.25) is 4.79 Å². The molecule has 6 nitrogen and oxygen atoms in total. The quantitative estimate of drug-likeness (QED) is 0.524. The number of guanidine groups is 1. The number of aliphatic imine (C=N–C) groups is 1. The highest BCUT2D eigenvalue weighted by Crippen LogP contribution is 2.10. The number of carbonyl (C=O) groups is 1. The lowest BCUT2D eigenvalue weighted by atomic mass is 10.1. The minimum absolute atomic E-state index is 0.0497. The number of hydrogen-bond donors (Lipinski definition) is 3. The van der Waals surface area contributed by atoms with E-state index >= 15 is 0 Å². The van der Waals surface area contributed by atoms with Crippen molar-refractivity contribution in [2.75, 3.05) is 13.1 Å². The van der Waals surface area contributed by atoms with Crippen molar-refractivity contribution in [3.63, 3.8) is 0 Å². The van der Waals surface area contributed by atoms with Gasteiger partial charge in [-0.15, -0.1) is 11.3 Å². The third kappa shape index (κ3) is 6.19. The van der Waals surface area contributed by atoms with Gasteiger partial charge in [-0.25, -0.2) is 9.98 Å². The molecular weight excluding hydrogens is 334 g/mol. The molecular formula is C18H25N5OS.